The van der Waals surface area contributed by atoms with Crippen LogP contribution in [-0.2, 0) is 4.79 Å². The van der Waals surface area contributed by atoms with E-state index in [2.05, 4.69) is 22.5 Å². The van der Waals surface area contributed by atoms with Gasteiger partial charge in [0.25, 0.3) is 5.91 Å². The van der Waals surface area contributed by atoms with Crippen LogP contribution in [0.1, 0.15) is 43.0 Å². The van der Waals surface area contributed by atoms with E-state index in [0.29, 0.717) is 12.0 Å². The zero-order valence-electron chi connectivity index (χ0n) is 15.9. The van der Waals surface area contributed by atoms with Crippen molar-refractivity contribution in [1.82, 2.24) is 15.5 Å². The van der Waals surface area contributed by atoms with Crippen LogP contribution in [0.4, 0.5) is 0 Å². The third kappa shape index (κ3) is 6.65. The van der Waals surface area contributed by atoms with Gasteiger partial charge in [0.05, 0.1) is 0 Å². The second-order valence-electron chi connectivity index (χ2n) is 6.80. The van der Waals surface area contributed by atoms with E-state index < -0.39 is 6.04 Å². The van der Waals surface area contributed by atoms with Crippen molar-refractivity contribution in [2.45, 2.75) is 44.7 Å². The quantitative estimate of drug-likeness (QED) is 0.694. The largest absolute Gasteiger partial charge is 0.351 e. The van der Waals surface area contributed by atoms with Crippen molar-refractivity contribution < 1.29 is 9.59 Å². The van der Waals surface area contributed by atoms with Gasteiger partial charge in [0, 0.05) is 24.7 Å². The summed E-state index contributed by atoms with van der Waals surface area (Å²) in [7, 11) is 0. The average molecular weight is 378 g/mol. The molecular formula is C20H31N3O2S. The van der Waals surface area contributed by atoms with E-state index in [9.17, 15) is 9.59 Å². The van der Waals surface area contributed by atoms with Crippen molar-refractivity contribution in [2.24, 2.45) is 0 Å². The molecule has 1 aliphatic heterocycles. The molecule has 1 aliphatic rings. The lowest BCUT2D eigenvalue weighted by Crippen LogP contribution is -2.52. The Kier molecular flexibility index (Phi) is 8.98. The predicted octanol–water partition coefficient (Wildman–Crippen LogP) is 2.53. The highest BCUT2D eigenvalue weighted by molar-refractivity contribution is 7.98. The smallest absolute Gasteiger partial charge is 0.251 e. The van der Waals surface area contributed by atoms with Gasteiger partial charge in [-0.05, 0) is 56.4 Å². The highest BCUT2D eigenvalue weighted by Gasteiger charge is 2.25. The van der Waals surface area contributed by atoms with Crippen molar-refractivity contribution in [3.63, 3.8) is 0 Å². The fourth-order valence-corrected chi connectivity index (χ4v) is 3.73. The number of hydrogen-bond acceptors (Lipinski definition) is 4. The minimum absolute atomic E-state index is 0.0581. The fourth-order valence-electron chi connectivity index (χ4n) is 3.25. The van der Waals surface area contributed by atoms with Crippen LogP contribution in [0, 0.1) is 0 Å². The van der Waals surface area contributed by atoms with Gasteiger partial charge in [-0.15, -0.1) is 0 Å². The van der Waals surface area contributed by atoms with Gasteiger partial charge < -0.3 is 15.5 Å². The van der Waals surface area contributed by atoms with Gasteiger partial charge in [0.1, 0.15) is 6.04 Å². The highest BCUT2D eigenvalue weighted by Crippen LogP contribution is 2.12. The molecule has 6 heteroatoms. The summed E-state index contributed by atoms with van der Waals surface area (Å²) >= 11 is 1.68. The zero-order chi connectivity index (χ0) is 18.8. The number of thioether (sulfide) groups is 1. The molecule has 0 spiro atoms. The first kappa shape index (κ1) is 20.8. The SMILES string of the molecule is CCCN1CCC(NC(=O)C(CCSC)NC(=O)c2ccccc2)CC1. The lowest BCUT2D eigenvalue weighted by molar-refractivity contribution is -0.124. The standard InChI is InChI=1S/C20H31N3O2S/c1-3-12-23-13-9-17(10-14-23)21-20(25)18(11-15-26-2)22-19(24)16-7-5-4-6-8-16/h4-8,17-18H,3,9-15H2,1-2H3,(H,21,25)(H,22,24). The van der Waals surface area contributed by atoms with Gasteiger partial charge in [-0.1, -0.05) is 25.1 Å². The Labute approximate surface area is 161 Å². The number of carbonyl (C=O) groups is 2. The van der Waals surface area contributed by atoms with Gasteiger partial charge >= 0.3 is 0 Å². The van der Waals surface area contributed by atoms with Crippen LogP contribution in [-0.4, -0.2) is 60.4 Å². The summed E-state index contributed by atoms with van der Waals surface area (Å²) in [6.07, 6.45) is 5.78. The van der Waals surface area contributed by atoms with E-state index >= 15 is 0 Å². The van der Waals surface area contributed by atoms with Crippen LogP contribution in [0.2, 0.25) is 0 Å². The third-order valence-corrected chi connectivity index (χ3v) is 5.39. The molecule has 144 valence electrons. The van der Waals surface area contributed by atoms with E-state index in [0.717, 1.165) is 38.2 Å². The molecule has 1 fully saturated rings. The second kappa shape index (κ2) is 11.2. The third-order valence-electron chi connectivity index (χ3n) is 4.74. The molecule has 2 amide bonds. The summed E-state index contributed by atoms with van der Waals surface area (Å²) in [6.45, 7) is 5.39. The normalized spacial score (nSPS) is 16.8. The summed E-state index contributed by atoms with van der Waals surface area (Å²) in [4.78, 5) is 27.6. The molecule has 0 aliphatic carbocycles. The van der Waals surface area contributed by atoms with Crippen LogP contribution in [0.15, 0.2) is 30.3 Å². The molecular weight excluding hydrogens is 346 g/mol. The lowest BCUT2D eigenvalue weighted by Gasteiger charge is -2.33. The fraction of sp³-hybridized carbons (Fsp3) is 0.600. The minimum Gasteiger partial charge on any atom is -0.351 e. The minimum atomic E-state index is -0.483. The molecule has 5 nitrogen and oxygen atoms in total. The first-order valence-corrected chi connectivity index (χ1v) is 10.9. The molecule has 1 aromatic carbocycles. The number of amides is 2. The topological polar surface area (TPSA) is 61.4 Å². The molecule has 0 radical (unpaired) electrons. The monoisotopic (exact) mass is 377 g/mol. The number of nitrogens with one attached hydrogen (secondary N) is 2. The van der Waals surface area contributed by atoms with E-state index in [4.69, 9.17) is 0 Å². The van der Waals surface area contributed by atoms with Gasteiger partial charge in [-0.25, -0.2) is 0 Å². The molecule has 2 rings (SSSR count). The molecule has 0 saturated carbocycles. The Morgan fingerprint density at radius 2 is 1.92 bits per heavy atom. The van der Waals surface area contributed by atoms with Gasteiger partial charge in [0.15, 0.2) is 0 Å². The number of rotatable bonds is 9. The van der Waals surface area contributed by atoms with Crippen molar-refractivity contribution in [1.29, 1.82) is 0 Å². The number of likely N-dealkylation sites (tertiary alicyclic amines) is 1. The Balaban J connectivity index is 1.89. The number of benzene rings is 1. The van der Waals surface area contributed by atoms with E-state index in [1.807, 2.05) is 24.5 Å². The lowest BCUT2D eigenvalue weighted by atomic mass is 10.0. The highest BCUT2D eigenvalue weighted by atomic mass is 32.2. The molecule has 2 N–H and O–H groups in total. The maximum Gasteiger partial charge on any atom is 0.251 e. The van der Waals surface area contributed by atoms with Crippen LogP contribution in [0.25, 0.3) is 0 Å². The Hall–Kier alpha value is -1.53. The summed E-state index contributed by atoms with van der Waals surface area (Å²) < 4.78 is 0. The van der Waals surface area contributed by atoms with E-state index in [1.54, 1.807) is 23.9 Å². The van der Waals surface area contributed by atoms with Crippen LogP contribution in [0.5, 0.6) is 0 Å². The number of nitrogens with zero attached hydrogens (tertiary/aromatic N) is 1. The van der Waals surface area contributed by atoms with Crippen LogP contribution in [0.3, 0.4) is 0 Å². The van der Waals surface area contributed by atoms with Crippen molar-refractivity contribution >= 4 is 23.6 Å². The first-order valence-electron chi connectivity index (χ1n) is 9.51. The van der Waals surface area contributed by atoms with Gasteiger partial charge in [-0.2, -0.15) is 11.8 Å². The molecule has 1 heterocycles. The Morgan fingerprint density at radius 3 is 2.54 bits per heavy atom. The molecule has 1 saturated heterocycles. The molecule has 1 atom stereocenters. The summed E-state index contributed by atoms with van der Waals surface area (Å²) in [5.41, 5.74) is 0.585. The van der Waals surface area contributed by atoms with Crippen LogP contribution >= 0.6 is 11.8 Å². The molecule has 0 bridgehead atoms. The van der Waals surface area contributed by atoms with Crippen molar-refractivity contribution in [2.75, 3.05) is 31.6 Å². The number of piperidine rings is 1. The maximum absolute atomic E-state index is 12.7. The van der Waals surface area contributed by atoms with E-state index in [1.165, 1.54) is 6.42 Å². The zero-order valence-corrected chi connectivity index (χ0v) is 16.7. The molecule has 1 unspecified atom stereocenters. The summed E-state index contributed by atoms with van der Waals surface area (Å²) in [6, 6.07) is 8.79. The predicted molar refractivity (Wildman–Crippen MR) is 109 cm³/mol. The number of hydrogen-bond donors (Lipinski definition) is 2. The van der Waals surface area contributed by atoms with Gasteiger partial charge in [-0.3, -0.25) is 9.59 Å². The summed E-state index contributed by atoms with van der Waals surface area (Å²) in [5.74, 6) is 0.587. The average Bonchev–Trinajstić information content (AvgIpc) is 2.67. The van der Waals surface area contributed by atoms with Crippen molar-refractivity contribution in [3.8, 4) is 0 Å². The maximum atomic E-state index is 12.7. The Bertz CT molecular complexity index is 559. The Morgan fingerprint density at radius 1 is 1.23 bits per heavy atom. The van der Waals surface area contributed by atoms with Crippen LogP contribution < -0.4 is 10.6 Å². The van der Waals surface area contributed by atoms with E-state index in [-0.39, 0.29) is 17.9 Å². The molecule has 1 aromatic rings. The second-order valence-corrected chi connectivity index (χ2v) is 7.78. The molecule has 26 heavy (non-hydrogen) atoms. The first-order chi connectivity index (χ1) is 12.6. The van der Waals surface area contributed by atoms with Crippen molar-refractivity contribution in [3.05, 3.63) is 35.9 Å². The van der Waals surface area contributed by atoms with Gasteiger partial charge in [0.2, 0.25) is 5.91 Å². The summed E-state index contributed by atoms with van der Waals surface area (Å²) in [5, 5.41) is 6.07. The molecule has 0 aromatic heterocycles. The number of carbonyl (C=O) groups excluding carboxylic acids is 2.